The van der Waals surface area contributed by atoms with Crippen LogP contribution in [-0.4, -0.2) is 33.9 Å². The van der Waals surface area contributed by atoms with Crippen molar-refractivity contribution in [3.05, 3.63) is 46.8 Å². The van der Waals surface area contributed by atoms with Crippen molar-refractivity contribution in [1.29, 1.82) is 0 Å². The van der Waals surface area contributed by atoms with Crippen molar-refractivity contribution in [2.75, 3.05) is 18.4 Å². The number of anilines is 2. The van der Waals surface area contributed by atoms with Gasteiger partial charge >= 0.3 is 0 Å². The summed E-state index contributed by atoms with van der Waals surface area (Å²) in [5.41, 5.74) is 4.65. The Bertz CT molecular complexity index is 779. The van der Waals surface area contributed by atoms with E-state index in [-0.39, 0.29) is 5.91 Å². The van der Waals surface area contributed by atoms with Gasteiger partial charge in [-0.1, -0.05) is 32.0 Å². The van der Waals surface area contributed by atoms with Gasteiger partial charge < -0.3 is 10.2 Å². The van der Waals surface area contributed by atoms with Crippen LogP contribution in [-0.2, 0) is 0 Å². The molecule has 1 aliphatic heterocycles. The van der Waals surface area contributed by atoms with E-state index in [0.717, 1.165) is 42.9 Å². The van der Waals surface area contributed by atoms with E-state index in [1.807, 2.05) is 11.8 Å². The van der Waals surface area contributed by atoms with E-state index in [1.54, 1.807) is 6.07 Å². The van der Waals surface area contributed by atoms with Gasteiger partial charge in [0.1, 0.15) is 5.69 Å². The Morgan fingerprint density at radius 1 is 1.16 bits per heavy atom. The van der Waals surface area contributed by atoms with Crippen LogP contribution in [0.15, 0.2) is 24.3 Å². The predicted octanol–water partition coefficient (Wildman–Crippen LogP) is 4.20. The molecule has 1 aliphatic rings. The number of benzene rings is 1. The first kappa shape index (κ1) is 17.4. The van der Waals surface area contributed by atoms with E-state index in [0.29, 0.717) is 17.6 Å². The monoisotopic (exact) mass is 338 g/mol. The second kappa shape index (κ2) is 7.21. The summed E-state index contributed by atoms with van der Waals surface area (Å²) in [5.74, 6) is 0.872. The fourth-order valence-electron chi connectivity index (χ4n) is 3.27. The van der Waals surface area contributed by atoms with Gasteiger partial charge in [0.15, 0.2) is 0 Å². The highest BCUT2D eigenvalue weighted by Gasteiger charge is 2.22. The molecule has 2 heterocycles. The Morgan fingerprint density at radius 3 is 2.56 bits per heavy atom. The van der Waals surface area contributed by atoms with E-state index in [2.05, 4.69) is 54.3 Å². The molecule has 5 heteroatoms. The number of aryl methyl sites for hydroxylation is 2. The van der Waals surface area contributed by atoms with Crippen LogP contribution in [0.3, 0.4) is 0 Å². The van der Waals surface area contributed by atoms with Crippen LogP contribution in [0.2, 0.25) is 0 Å². The van der Waals surface area contributed by atoms with Gasteiger partial charge in [-0.2, -0.15) is 0 Å². The lowest BCUT2D eigenvalue weighted by Gasteiger charge is -2.18. The third-order valence-electron chi connectivity index (χ3n) is 4.63. The first-order chi connectivity index (χ1) is 12.0. The summed E-state index contributed by atoms with van der Waals surface area (Å²) in [6, 6.07) is 8.02. The summed E-state index contributed by atoms with van der Waals surface area (Å²) in [5, 5.41) is 3.36. The van der Waals surface area contributed by atoms with Gasteiger partial charge in [-0.05, 0) is 49.8 Å². The van der Waals surface area contributed by atoms with E-state index in [9.17, 15) is 4.79 Å². The minimum atomic E-state index is -0.0000772. The van der Waals surface area contributed by atoms with Crippen LogP contribution in [0.5, 0.6) is 0 Å². The summed E-state index contributed by atoms with van der Waals surface area (Å²) < 4.78 is 0. The van der Waals surface area contributed by atoms with Crippen molar-refractivity contribution < 1.29 is 4.79 Å². The molecule has 1 amide bonds. The third kappa shape index (κ3) is 3.81. The lowest BCUT2D eigenvalue weighted by atomic mass is 9.98. The van der Waals surface area contributed by atoms with E-state index in [4.69, 9.17) is 0 Å². The number of nitrogens with zero attached hydrogens (tertiary/aromatic N) is 3. The number of amides is 1. The normalized spacial score (nSPS) is 14.2. The second-order valence-electron chi connectivity index (χ2n) is 7.04. The number of hydrogen-bond donors (Lipinski definition) is 1. The van der Waals surface area contributed by atoms with Crippen molar-refractivity contribution in [3.8, 4) is 0 Å². The fourth-order valence-corrected chi connectivity index (χ4v) is 3.27. The Balaban J connectivity index is 1.93. The molecule has 3 rings (SSSR count). The summed E-state index contributed by atoms with van der Waals surface area (Å²) in [6.07, 6.45) is 2.14. The van der Waals surface area contributed by atoms with Gasteiger partial charge in [0.05, 0.1) is 0 Å². The molecule has 1 aromatic carbocycles. The standard InChI is InChI=1S/C20H26N4O/c1-13(2)16-9-7-8-14(3)18(16)23-20-21-15(4)12-17(22-20)19(25)24-10-5-6-11-24/h7-9,12-13H,5-6,10-11H2,1-4H3,(H,21,22,23). The third-order valence-corrected chi connectivity index (χ3v) is 4.63. The Labute approximate surface area is 149 Å². The molecule has 0 unspecified atom stereocenters. The number of para-hydroxylation sites is 1. The second-order valence-corrected chi connectivity index (χ2v) is 7.04. The average molecular weight is 338 g/mol. The lowest BCUT2D eigenvalue weighted by molar-refractivity contribution is 0.0787. The number of carbonyl (C=O) groups is 1. The van der Waals surface area contributed by atoms with Crippen LogP contribution in [0.4, 0.5) is 11.6 Å². The summed E-state index contributed by atoms with van der Waals surface area (Å²) in [6.45, 7) is 9.94. The quantitative estimate of drug-likeness (QED) is 0.908. The average Bonchev–Trinajstić information content (AvgIpc) is 3.09. The largest absolute Gasteiger partial charge is 0.337 e. The zero-order valence-electron chi connectivity index (χ0n) is 15.5. The minimum Gasteiger partial charge on any atom is -0.337 e. The van der Waals surface area contributed by atoms with Crippen LogP contribution < -0.4 is 5.32 Å². The van der Waals surface area contributed by atoms with Gasteiger partial charge in [0.2, 0.25) is 5.95 Å². The molecule has 0 bridgehead atoms. The number of nitrogens with one attached hydrogen (secondary N) is 1. The van der Waals surface area contributed by atoms with Crippen molar-refractivity contribution in [2.24, 2.45) is 0 Å². The van der Waals surface area contributed by atoms with Gasteiger partial charge in [-0.3, -0.25) is 4.79 Å². The van der Waals surface area contributed by atoms with Crippen molar-refractivity contribution >= 4 is 17.5 Å². The number of hydrogen-bond acceptors (Lipinski definition) is 4. The SMILES string of the molecule is Cc1cc(C(=O)N2CCCC2)nc(Nc2c(C)cccc2C(C)C)n1. The molecule has 1 fully saturated rings. The van der Waals surface area contributed by atoms with Crippen molar-refractivity contribution in [2.45, 2.75) is 46.5 Å². The zero-order chi connectivity index (χ0) is 18.0. The minimum absolute atomic E-state index is 0.0000772. The van der Waals surface area contributed by atoms with Crippen LogP contribution in [0.1, 0.15) is 59.9 Å². The topological polar surface area (TPSA) is 58.1 Å². The summed E-state index contributed by atoms with van der Waals surface area (Å²) >= 11 is 0. The maximum Gasteiger partial charge on any atom is 0.272 e. The maximum absolute atomic E-state index is 12.7. The highest BCUT2D eigenvalue weighted by Crippen LogP contribution is 2.29. The number of rotatable bonds is 4. The molecular weight excluding hydrogens is 312 g/mol. The molecule has 25 heavy (non-hydrogen) atoms. The molecule has 1 aromatic heterocycles. The molecular formula is C20H26N4O. The van der Waals surface area contributed by atoms with Crippen molar-refractivity contribution in [1.82, 2.24) is 14.9 Å². The summed E-state index contributed by atoms with van der Waals surface area (Å²) in [4.78, 5) is 23.5. The fraction of sp³-hybridized carbons (Fsp3) is 0.450. The summed E-state index contributed by atoms with van der Waals surface area (Å²) in [7, 11) is 0. The first-order valence-electron chi connectivity index (χ1n) is 8.97. The van der Waals surface area contributed by atoms with Gasteiger partial charge in [0, 0.05) is 24.5 Å². The highest BCUT2D eigenvalue weighted by molar-refractivity contribution is 5.93. The van der Waals surface area contributed by atoms with Gasteiger partial charge in [0.25, 0.3) is 5.91 Å². The molecule has 0 radical (unpaired) electrons. The van der Waals surface area contributed by atoms with Crippen LogP contribution in [0, 0.1) is 13.8 Å². The molecule has 132 valence electrons. The van der Waals surface area contributed by atoms with E-state index in [1.165, 1.54) is 5.56 Å². The molecule has 2 aromatic rings. The Kier molecular flexibility index (Phi) is 5.02. The number of carbonyl (C=O) groups excluding carboxylic acids is 1. The van der Waals surface area contributed by atoms with E-state index < -0.39 is 0 Å². The Morgan fingerprint density at radius 2 is 1.88 bits per heavy atom. The highest BCUT2D eigenvalue weighted by atomic mass is 16.2. The predicted molar refractivity (Wildman–Crippen MR) is 100 cm³/mol. The van der Waals surface area contributed by atoms with Gasteiger partial charge in [-0.15, -0.1) is 0 Å². The molecule has 5 nitrogen and oxygen atoms in total. The maximum atomic E-state index is 12.7. The van der Waals surface area contributed by atoms with Crippen LogP contribution >= 0.6 is 0 Å². The van der Waals surface area contributed by atoms with E-state index >= 15 is 0 Å². The smallest absolute Gasteiger partial charge is 0.272 e. The first-order valence-corrected chi connectivity index (χ1v) is 8.97. The molecule has 0 aliphatic carbocycles. The zero-order valence-corrected chi connectivity index (χ0v) is 15.5. The molecule has 1 saturated heterocycles. The molecule has 0 saturated carbocycles. The number of likely N-dealkylation sites (tertiary alicyclic amines) is 1. The lowest BCUT2D eigenvalue weighted by Crippen LogP contribution is -2.28. The number of aromatic nitrogens is 2. The Hall–Kier alpha value is -2.43. The van der Waals surface area contributed by atoms with Gasteiger partial charge in [-0.25, -0.2) is 9.97 Å². The van der Waals surface area contributed by atoms with Crippen LogP contribution in [0.25, 0.3) is 0 Å². The molecule has 0 atom stereocenters. The molecule has 0 spiro atoms. The molecule has 1 N–H and O–H groups in total. The van der Waals surface area contributed by atoms with Crippen molar-refractivity contribution in [3.63, 3.8) is 0 Å².